The number of methoxy groups -OCH3 is 2. The van der Waals surface area contributed by atoms with Crippen molar-refractivity contribution in [3.63, 3.8) is 0 Å². The second kappa shape index (κ2) is 6.70. The third-order valence-electron chi connectivity index (χ3n) is 3.71. The second-order valence-corrected chi connectivity index (χ2v) is 5.14. The van der Waals surface area contributed by atoms with Gasteiger partial charge in [-0.15, -0.1) is 0 Å². The topological polar surface area (TPSA) is 82.7 Å². The van der Waals surface area contributed by atoms with Gasteiger partial charge in [0.15, 0.2) is 0 Å². The van der Waals surface area contributed by atoms with Crippen molar-refractivity contribution in [3.8, 4) is 22.8 Å². The van der Waals surface area contributed by atoms with Gasteiger partial charge >= 0.3 is 0 Å². The van der Waals surface area contributed by atoms with Crippen LogP contribution in [0.5, 0.6) is 11.5 Å². The molecule has 0 aliphatic carbocycles. The first kappa shape index (κ1) is 15.4. The van der Waals surface area contributed by atoms with Gasteiger partial charge in [-0.2, -0.15) is 4.98 Å². The molecule has 1 saturated heterocycles. The molecule has 1 aliphatic rings. The van der Waals surface area contributed by atoms with Crippen LogP contribution in [0.1, 0.15) is 0 Å². The first-order chi connectivity index (χ1) is 11.2. The molecule has 1 aliphatic heterocycles. The van der Waals surface area contributed by atoms with Gasteiger partial charge in [-0.3, -0.25) is 0 Å². The Morgan fingerprint density at radius 2 is 1.87 bits per heavy atom. The van der Waals surface area contributed by atoms with Gasteiger partial charge in [-0.05, 0) is 18.2 Å². The highest BCUT2D eigenvalue weighted by Crippen LogP contribution is 2.33. The molecule has 2 aromatic rings. The molecule has 122 valence electrons. The standard InChI is InChI=1S/C16H20N4O3/c1-21-11-3-4-14(22-2)12(9-11)13-10-15(17)19-16(18-13)20-5-7-23-8-6-20/h3-4,9-10H,5-8H2,1-2H3,(H2,17,18,19). The number of morpholine rings is 1. The van der Waals surface area contributed by atoms with Crippen molar-refractivity contribution in [1.82, 2.24) is 9.97 Å². The first-order valence-electron chi connectivity index (χ1n) is 7.41. The predicted molar refractivity (Wildman–Crippen MR) is 88.0 cm³/mol. The van der Waals surface area contributed by atoms with E-state index in [0.717, 1.165) is 24.4 Å². The Morgan fingerprint density at radius 1 is 1.09 bits per heavy atom. The van der Waals surface area contributed by atoms with E-state index in [0.29, 0.717) is 36.4 Å². The average molecular weight is 316 g/mol. The van der Waals surface area contributed by atoms with Crippen LogP contribution in [-0.2, 0) is 4.74 Å². The number of ether oxygens (including phenoxy) is 3. The van der Waals surface area contributed by atoms with Crippen LogP contribution in [0.2, 0.25) is 0 Å². The molecule has 3 rings (SSSR count). The lowest BCUT2D eigenvalue weighted by Crippen LogP contribution is -2.37. The highest BCUT2D eigenvalue weighted by atomic mass is 16.5. The second-order valence-electron chi connectivity index (χ2n) is 5.14. The normalized spacial score (nSPS) is 14.6. The zero-order chi connectivity index (χ0) is 16.2. The van der Waals surface area contributed by atoms with Gasteiger partial charge in [-0.25, -0.2) is 4.98 Å². The summed E-state index contributed by atoms with van der Waals surface area (Å²) in [6, 6.07) is 7.31. The fraction of sp³-hybridized carbons (Fsp3) is 0.375. The van der Waals surface area contributed by atoms with Crippen molar-refractivity contribution >= 4 is 11.8 Å². The largest absolute Gasteiger partial charge is 0.497 e. The van der Waals surface area contributed by atoms with E-state index in [-0.39, 0.29) is 0 Å². The lowest BCUT2D eigenvalue weighted by molar-refractivity contribution is 0.122. The summed E-state index contributed by atoms with van der Waals surface area (Å²) in [5.74, 6) is 2.46. The molecular weight excluding hydrogens is 296 g/mol. The summed E-state index contributed by atoms with van der Waals surface area (Å²) in [7, 11) is 3.25. The summed E-state index contributed by atoms with van der Waals surface area (Å²) in [5, 5.41) is 0. The Labute approximate surface area is 135 Å². The first-order valence-corrected chi connectivity index (χ1v) is 7.41. The van der Waals surface area contributed by atoms with Gasteiger partial charge in [0.1, 0.15) is 17.3 Å². The Hall–Kier alpha value is -2.54. The number of rotatable bonds is 4. The molecule has 7 heteroatoms. The molecule has 0 atom stereocenters. The van der Waals surface area contributed by atoms with Gasteiger partial charge in [0.2, 0.25) is 5.95 Å². The van der Waals surface area contributed by atoms with Crippen LogP contribution in [0.4, 0.5) is 11.8 Å². The SMILES string of the molecule is COc1ccc(OC)c(-c2cc(N)nc(N3CCOCC3)n2)c1. The predicted octanol–water partition coefficient (Wildman–Crippen LogP) is 1.58. The molecule has 23 heavy (non-hydrogen) atoms. The smallest absolute Gasteiger partial charge is 0.228 e. The van der Waals surface area contributed by atoms with E-state index < -0.39 is 0 Å². The summed E-state index contributed by atoms with van der Waals surface area (Å²) in [6.45, 7) is 2.82. The monoisotopic (exact) mass is 316 g/mol. The minimum absolute atomic E-state index is 0.418. The molecule has 0 saturated carbocycles. The van der Waals surface area contributed by atoms with Gasteiger partial charge in [-0.1, -0.05) is 0 Å². The third-order valence-corrected chi connectivity index (χ3v) is 3.71. The van der Waals surface area contributed by atoms with Crippen molar-refractivity contribution < 1.29 is 14.2 Å². The molecule has 0 amide bonds. The zero-order valence-corrected chi connectivity index (χ0v) is 13.3. The number of hydrogen-bond acceptors (Lipinski definition) is 7. The summed E-state index contributed by atoms with van der Waals surface area (Å²) in [5.41, 5.74) is 7.50. The van der Waals surface area contributed by atoms with E-state index in [1.165, 1.54) is 0 Å². The maximum atomic E-state index is 5.98. The number of nitrogen functional groups attached to an aromatic ring is 1. The van der Waals surface area contributed by atoms with Gasteiger partial charge in [0.25, 0.3) is 0 Å². The van der Waals surface area contributed by atoms with E-state index in [9.17, 15) is 0 Å². The number of nitrogens with two attached hydrogens (primary N) is 1. The minimum Gasteiger partial charge on any atom is -0.497 e. The number of nitrogens with zero attached hydrogens (tertiary/aromatic N) is 3. The van der Waals surface area contributed by atoms with E-state index in [1.54, 1.807) is 20.3 Å². The van der Waals surface area contributed by atoms with Crippen molar-refractivity contribution in [1.29, 1.82) is 0 Å². The number of anilines is 2. The van der Waals surface area contributed by atoms with E-state index in [2.05, 4.69) is 14.9 Å². The van der Waals surface area contributed by atoms with Crippen molar-refractivity contribution in [3.05, 3.63) is 24.3 Å². The van der Waals surface area contributed by atoms with Crippen LogP contribution >= 0.6 is 0 Å². The Bertz CT molecular complexity index is 687. The molecule has 0 radical (unpaired) electrons. The quantitative estimate of drug-likeness (QED) is 0.917. The molecule has 1 fully saturated rings. The molecule has 7 nitrogen and oxygen atoms in total. The highest BCUT2D eigenvalue weighted by Gasteiger charge is 2.17. The summed E-state index contributed by atoms with van der Waals surface area (Å²) in [4.78, 5) is 11.1. The number of aromatic nitrogens is 2. The van der Waals surface area contributed by atoms with E-state index in [1.807, 2.05) is 18.2 Å². The van der Waals surface area contributed by atoms with Crippen LogP contribution in [0, 0.1) is 0 Å². The van der Waals surface area contributed by atoms with E-state index >= 15 is 0 Å². The fourth-order valence-corrected chi connectivity index (χ4v) is 2.51. The molecule has 1 aromatic carbocycles. The van der Waals surface area contributed by atoms with Crippen LogP contribution in [0.3, 0.4) is 0 Å². The molecule has 2 N–H and O–H groups in total. The molecule has 0 unspecified atom stereocenters. The Kier molecular flexibility index (Phi) is 4.47. The van der Waals surface area contributed by atoms with E-state index in [4.69, 9.17) is 19.9 Å². The molecule has 0 spiro atoms. The fourth-order valence-electron chi connectivity index (χ4n) is 2.51. The molecule has 2 heterocycles. The summed E-state index contributed by atoms with van der Waals surface area (Å²) < 4.78 is 16.1. The molecule has 0 bridgehead atoms. The van der Waals surface area contributed by atoms with Crippen molar-refractivity contribution in [2.24, 2.45) is 0 Å². The third kappa shape index (κ3) is 3.29. The lowest BCUT2D eigenvalue weighted by Gasteiger charge is -2.27. The van der Waals surface area contributed by atoms with Gasteiger partial charge in [0, 0.05) is 24.7 Å². The highest BCUT2D eigenvalue weighted by molar-refractivity contribution is 5.71. The average Bonchev–Trinajstić information content (AvgIpc) is 2.61. The lowest BCUT2D eigenvalue weighted by atomic mass is 10.1. The van der Waals surface area contributed by atoms with Gasteiger partial charge < -0.3 is 24.8 Å². The minimum atomic E-state index is 0.418. The number of hydrogen-bond donors (Lipinski definition) is 1. The summed E-state index contributed by atoms with van der Waals surface area (Å²) in [6.07, 6.45) is 0. The Morgan fingerprint density at radius 3 is 2.57 bits per heavy atom. The Balaban J connectivity index is 2.04. The van der Waals surface area contributed by atoms with Crippen molar-refractivity contribution in [2.75, 3.05) is 51.2 Å². The zero-order valence-electron chi connectivity index (χ0n) is 13.3. The van der Waals surface area contributed by atoms with Gasteiger partial charge in [0.05, 0.1) is 33.1 Å². The molecule has 1 aromatic heterocycles. The molecular formula is C16H20N4O3. The maximum absolute atomic E-state index is 5.98. The van der Waals surface area contributed by atoms with Crippen molar-refractivity contribution in [2.45, 2.75) is 0 Å². The van der Waals surface area contributed by atoms with Crippen LogP contribution in [0.15, 0.2) is 24.3 Å². The number of benzene rings is 1. The maximum Gasteiger partial charge on any atom is 0.228 e. The summed E-state index contributed by atoms with van der Waals surface area (Å²) >= 11 is 0. The van der Waals surface area contributed by atoms with Crippen LogP contribution < -0.4 is 20.1 Å². The van der Waals surface area contributed by atoms with Crippen LogP contribution in [0.25, 0.3) is 11.3 Å². The van der Waals surface area contributed by atoms with Crippen LogP contribution in [-0.4, -0.2) is 50.5 Å².